The number of aliphatic imine (C=N–C) groups is 1. The molecule has 0 amide bonds. The Labute approximate surface area is 148 Å². The number of hydrogen-bond acceptors (Lipinski definition) is 6. The summed E-state index contributed by atoms with van der Waals surface area (Å²) in [5, 5.41) is 0. The standard InChI is InChI=1S/C19H14FNO5/c1-11(22)25-17-10-12(3-8-16(17)24-2)9-15-19(23)26-18(21-15)13-4-6-14(20)7-5-13/h3-10H,1-2H3. The van der Waals surface area contributed by atoms with Crippen LogP contribution in [0.15, 0.2) is 53.2 Å². The molecule has 0 saturated heterocycles. The van der Waals surface area contributed by atoms with E-state index in [1.54, 1.807) is 18.2 Å². The number of carbonyl (C=O) groups excluding carboxylic acids is 2. The molecule has 0 aliphatic carbocycles. The maximum Gasteiger partial charge on any atom is 0.363 e. The summed E-state index contributed by atoms with van der Waals surface area (Å²) < 4.78 is 28.3. The maximum atomic E-state index is 13.0. The Morgan fingerprint density at radius 3 is 2.54 bits per heavy atom. The van der Waals surface area contributed by atoms with E-state index < -0.39 is 17.8 Å². The van der Waals surface area contributed by atoms with Gasteiger partial charge in [0.05, 0.1) is 7.11 Å². The highest BCUT2D eigenvalue weighted by molar-refractivity contribution is 6.12. The molecule has 26 heavy (non-hydrogen) atoms. The molecule has 0 fully saturated rings. The Balaban J connectivity index is 1.92. The molecule has 1 heterocycles. The summed E-state index contributed by atoms with van der Waals surface area (Å²) in [6.45, 7) is 1.28. The lowest BCUT2D eigenvalue weighted by molar-refractivity contribution is -0.132. The van der Waals surface area contributed by atoms with Crippen molar-refractivity contribution in [3.8, 4) is 11.5 Å². The zero-order chi connectivity index (χ0) is 18.7. The average Bonchev–Trinajstić information content (AvgIpc) is 2.96. The van der Waals surface area contributed by atoms with E-state index in [1.165, 1.54) is 44.4 Å². The molecule has 0 bridgehead atoms. The minimum absolute atomic E-state index is 0.0725. The van der Waals surface area contributed by atoms with Crippen molar-refractivity contribution in [2.75, 3.05) is 7.11 Å². The summed E-state index contributed by atoms with van der Waals surface area (Å²) in [7, 11) is 1.45. The van der Waals surface area contributed by atoms with Crippen molar-refractivity contribution >= 4 is 23.9 Å². The number of esters is 2. The summed E-state index contributed by atoms with van der Waals surface area (Å²) >= 11 is 0. The zero-order valence-corrected chi connectivity index (χ0v) is 14.0. The molecule has 1 aliphatic heterocycles. The maximum absolute atomic E-state index is 13.0. The third-order valence-electron chi connectivity index (χ3n) is 3.46. The predicted molar refractivity (Wildman–Crippen MR) is 91.3 cm³/mol. The fourth-order valence-corrected chi connectivity index (χ4v) is 2.30. The highest BCUT2D eigenvalue weighted by Gasteiger charge is 2.24. The van der Waals surface area contributed by atoms with E-state index in [-0.39, 0.29) is 17.3 Å². The first-order chi connectivity index (χ1) is 12.5. The van der Waals surface area contributed by atoms with E-state index in [2.05, 4.69) is 4.99 Å². The molecule has 132 valence electrons. The first-order valence-electron chi connectivity index (χ1n) is 7.61. The van der Waals surface area contributed by atoms with Crippen molar-refractivity contribution < 1.29 is 28.2 Å². The average molecular weight is 355 g/mol. The van der Waals surface area contributed by atoms with Gasteiger partial charge in [-0.3, -0.25) is 4.79 Å². The molecule has 2 aromatic rings. The number of halogens is 1. The largest absolute Gasteiger partial charge is 0.493 e. The van der Waals surface area contributed by atoms with Crippen LogP contribution in [-0.2, 0) is 14.3 Å². The summed E-state index contributed by atoms with van der Waals surface area (Å²) in [6, 6.07) is 10.3. The molecule has 6 nitrogen and oxygen atoms in total. The first kappa shape index (κ1) is 17.3. The van der Waals surface area contributed by atoms with Crippen LogP contribution in [0.5, 0.6) is 11.5 Å². The van der Waals surface area contributed by atoms with Gasteiger partial charge in [0.25, 0.3) is 0 Å². The lowest BCUT2D eigenvalue weighted by Crippen LogP contribution is -2.05. The van der Waals surface area contributed by atoms with Crippen molar-refractivity contribution in [3.05, 3.63) is 65.1 Å². The predicted octanol–water partition coefficient (Wildman–Crippen LogP) is 3.10. The number of hydrogen-bond donors (Lipinski definition) is 0. The number of cyclic esters (lactones) is 1. The van der Waals surface area contributed by atoms with Crippen LogP contribution in [0.25, 0.3) is 6.08 Å². The number of ether oxygens (including phenoxy) is 3. The van der Waals surface area contributed by atoms with E-state index >= 15 is 0 Å². The number of rotatable bonds is 4. The molecule has 1 aliphatic rings. The molecule has 0 N–H and O–H groups in total. The summed E-state index contributed by atoms with van der Waals surface area (Å²) in [5.74, 6) is -0.824. The minimum atomic E-state index is -0.630. The van der Waals surface area contributed by atoms with Crippen LogP contribution in [-0.4, -0.2) is 24.9 Å². The fraction of sp³-hybridized carbons (Fsp3) is 0.105. The second-order valence-electron chi connectivity index (χ2n) is 5.35. The first-order valence-corrected chi connectivity index (χ1v) is 7.61. The van der Waals surface area contributed by atoms with E-state index in [4.69, 9.17) is 14.2 Å². The molecular weight excluding hydrogens is 341 g/mol. The highest BCUT2D eigenvalue weighted by Crippen LogP contribution is 2.30. The van der Waals surface area contributed by atoms with Gasteiger partial charge < -0.3 is 14.2 Å². The third-order valence-corrected chi connectivity index (χ3v) is 3.46. The van der Waals surface area contributed by atoms with Crippen molar-refractivity contribution in [2.45, 2.75) is 6.92 Å². The van der Waals surface area contributed by atoms with Crippen LogP contribution in [0, 0.1) is 5.82 Å². The van der Waals surface area contributed by atoms with Crippen LogP contribution in [0.4, 0.5) is 4.39 Å². The van der Waals surface area contributed by atoms with E-state index in [9.17, 15) is 14.0 Å². The van der Waals surface area contributed by atoms with Crippen molar-refractivity contribution in [3.63, 3.8) is 0 Å². The lowest BCUT2D eigenvalue weighted by atomic mass is 10.1. The second-order valence-corrected chi connectivity index (χ2v) is 5.35. The van der Waals surface area contributed by atoms with Gasteiger partial charge in [0, 0.05) is 12.5 Å². The van der Waals surface area contributed by atoms with Crippen LogP contribution in [0.3, 0.4) is 0 Å². The number of benzene rings is 2. The van der Waals surface area contributed by atoms with E-state index in [0.717, 1.165) is 0 Å². The number of nitrogens with zero attached hydrogens (tertiary/aromatic N) is 1. The third kappa shape index (κ3) is 3.77. The van der Waals surface area contributed by atoms with Gasteiger partial charge >= 0.3 is 11.9 Å². The Morgan fingerprint density at radius 2 is 1.88 bits per heavy atom. The van der Waals surface area contributed by atoms with E-state index in [1.807, 2.05) is 0 Å². The molecular formula is C19H14FNO5. The van der Waals surface area contributed by atoms with Gasteiger partial charge in [-0.1, -0.05) is 6.07 Å². The molecule has 0 aromatic heterocycles. The molecule has 0 atom stereocenters. The van der Waals surface area contributed by atoms with Gasteiger partial charge in [-0.2, -0.15) is 0 Å². The number of methoxy groups -OCH3 is 1. The van der Waals surface area contributed by atoms with Crippen LogP contribution in [0.2, 0.25) is 0 Å². The Kier molecular flexibility index (Phi) is 4.79. The summed E-state index contributed by atoms with van der Waals surface area (Å²) in [4.78, 5) is 27.4. The van der Waals surface area contributed by atoms with Crippen molar-refractivity contribution in [1.82, 2.24) is 0 Å². The Morgan fingerprint density at radius 1 is 1.15 bits per heavy atom. The highest BCUT2D eigenvalue weighted by atomic mass is 19.1. The topological polar surface area (TPSA) is 74.2 Å². The second kappa shape index (κ2) is 7.18. The quantitative estimate of drug-likeness (QED) is 0.479. The molecule has 2 aromatic carbocycles. The molecule has 0 spiro atoms. The molecule has 0 saturated carbocycles. The zero-order valence-electron chi connectivity index (χ0n) is 14.0. The molecule has 3 rings (SSSR count). The fourth-order valence-electron chi connectivity index (χ4n) is 2.30. The van der Waals surface area contributed by atoms with Gasteiger partial charge in [-0.05, 0) is 48.0 Å². The lowest BCUT2D eigenvalue weighted by Gasteiger charge is -2.08. The molecule has 0 radical (unpaired) electrons. The monoisotopic (exact) mass is 355 g/mol. The van der Waals surface area contributed by atoms with Gasteiger partial charge in [0.15, 0.2) is 17.2 Å². The Bertz CT molecular complexity index is 931. The molecule has 7 heteroatoms. The minimum Gasteiger partial charge on any atom is -0.493 e. The van der Waals surface area contributed by atoms with Gasteiger partial charge in [-0.25, -0.2) is 14.2 Å². The SMILES string of the molecule is COc1ccc(C=C2N=C(c3ccc(F)cc3)OC2=O)cc1OC(C)=O. The Hall–Kier alpha value is -3.48. The van der Waals surface area contributed by atoms with Crippen LogP contribution < -0.4 is 9.47 Å². The summed E-state index contributed by atoms with van der Waals surface area (Å²) in [6.07, 6.45) is 1.49. The summed E-state index contributed by atoms with van der Waals surface area (Å²) in [5.41, 5.74) is 1.12. The van der Waals surface area contributed by atoms with Crippen molar-refractivity contribution in [1.29, 1.82) is 0 Å². The van der Waals surface area contributed by atoms with Crippen LogP contribution >= 0.6 is 0 Å². The van der Waals surface area contributed by atoms with Crippen molar-refractivity contribution in [2.24, 2.45) is 4.99 Å². The smallest absolute Gasteiger partial charge is 0.363 e. The van der Waals surface area contributed by atoms with Crippen LogP contribution in [0.1, 0.15) is 18.1 Å². The normalized spacial score (nSPS) is 14.8. The van der Waals surface area contributed by atoms with Gasteiger partial charge in [0.1, 0.15) is 5.82 Å². The number of carbonyl (C=O) groups is 2. The van der Waals surface area contributed by atoms with Gasteiger partial charge in [-0.15, -0.1) is 0 Å². The molecule has 0 unspecified atom stereocenters. The van der Waals surface area contributed by atoms with E-state index in [0.29, 0.717) is 16.9 Å². The van der Waals surface area contributed by atoms with Gasteiger partial charge in [0.2, 0.25) is 5.90 Å².